The second kappa shape index (κ2) is 7.97. The van der Waals surface area contributed by atoms with E-state index < -0.39 is 0 Å². The highest BCUT2D eigenvalue weighted by atomic mass is 35.5. The van der Waals surface area contributed by atoms with Crippen LogP contribution in [0.4, 0.5) is 10.8 Å². The number of nitrogens with zero attached hydrogens (tertiary/aromatic N) is 1. The van der Waals surface area contributed by atoms with Crippen LogP contribution >= 0.6 is 22.9 Å². The van der Waals surface area contributed by atoms with Crippen LogP contribution in [0.1, 0.15) is 47.5 Å². The number of amides is 2. The van der Waals surface area contributed by atoms with Gasteiger partial charge in [-0.1, -0.05) is 42.2 Å². The number of hydrogen-bond acceptors (Lipinski definition) is 4. The Morgan fingerprint density at radius 1 is 1.12 bits per heavy atom. The minimum absolute atomic E-state index is 0.0121. The lowest BCUT2D eigenvalue weighted by Gasteiger charge is -2.19. The molecule has 2 amide bonds. The van der Waals surface area contributed by atoms with Crippen molar-refractivity contribution < 1.29 is 9.59 Å². The summed E-state index contributed by atoms with van der Waals surface area (Å²) < 4.78 is 0. The highest BCUT2D eigenvalue weighted by Gasteiger charge is 2.23. The van der Waals surface area contributed by atoms with Crippen molar-refractivity contribution in [3.63, 3.8) is 0 Å². The lowest BCUT2D eigenvalue weighted by Crippen LogP contribution is -2.24. The summed E-state index contributed by atoms with van der Waals surface area (Å²) in [6.45, 7) is 1.77. The van der Waals surface area contributed by atoms with Crippen LogP contribution in [0.5, 0.6) is 0 Å². The number of rotatable bonds is 4. The van der Waals surface area contributed by atoms with E-state index in [9.17, 15) is 9.59 Å². The van der Waals surface area contributed by atoms with Gasteiger partial charge in [0.1, 0.15) is 4.88 Å². The van der Waals surface area contributed by atoms with Gasteiger partial charge in [0.15, 0.2) is 5.13 Å². The number of benzene rings is 1. The fraction of sp³-hybridized carbons (Fsp3) is 0.389. The molecule has 5 nitrogen and oxygen atoms in total. The molecule has 1 aromatic carbocycles. The first-order valence-corrected chi connectivity index (χ1v) is 9.57. The zero-order valence-electron chi connectivity index (χ0n) is 14.0. The number of thiazole rings is 1. The third-order valence-corrected chi connectivity index (χ3v) is 5.63. The minimum atomic E-state index is -0.240. The van der Waals surface area contributed by atoms with E-state index in [1.807, 2.05) is 0 Å². The van der Waals surface area contributed by atoms with E-state index in [1.165, 1.54) is 17.8 Å². The maximum atomic E-state index is 12.4. The summed E-state index contributed by atoms with van der Waals surface area (Å²) >= 11 is 7.05. The number of anilines is 2. The maximum Gasteiger partial charge on any atom is 0.267 e. The summed E-state index contributed by atoms with van der Waals surface area (Å²) in [6, 6.07) is 6.91. The lowest BCUT2D eigenvalue weighted by molar-refractivity contribution is -0.120. The Kier molecular flexibility index (Phi) is 5.71. The van der Waals surface area contributed by atoms with E-state index in [4.69, 9.17) is 11.6 Å². The summed E-state index contributed by atoms with van der Waals surface area (Å²) in [6.07, 6.45) is 5.27. The summed E-state index contributed by atoms with van der Waals surface area (Å²) in [5.41, 5.74) is 1.27. The molecule has 0 bridgehead atoms. The Morgan fingerprint density at radius 3 is 2.48 bits per heavy atom. The molecule has 1 aliphatic rings. The Hall–Kier alpha value is -1.92. The number of aryl methyl sites for hydroxylation is 1. The van der Waals surface area contributed by atoms with E-state index in [-0.39, 0.29) is 17.7 Å². The molecule has 0 spiro atoms. The third-order valence-electron chi connectivity index (χ3n) is 4.31. The number of aromatic nitrogens is 1. The van der Waals surface area contributed by atoms with Crippen LogP contribution < -0.4 is 10.6 Å². The highest BCUT2D eigenvalue weighted by Crippen LogP contribution is 2.28. The first kappa shape index (κ1) is 17.9. The molecule has 0 atom stereocenters. The van der Waals surface area contributed by atoms with Gasteiger partial charge in [-0.3, -0.25) is 9.59 Å². The van der Waals surface area contributed by atoms with Gasteiger partial charge in [0, 0.05) is 16.6 Å². The quantitative estimate of drug-likeness (QED) is 0.797. The fourth-order valence-corrected chi connectivity index (χ4v) is 3.94. The predicted molar refractivity (Wildman–Crippen MR) is 101 cm³/mol. The number of hydrogen-bond donors (Lipinski definition) is 2. The van der Waals surface area contributed by atoms with Gasteiger partial charge >= 0.3 is 0 Å². The van der Waals surface area contributed by atoms with Crippen LogP contribution in [0.25, 0.3) is 0 Å². The topological polar surface area (TPSA) is 71.1 Å². The minimum Gasteiger partial charge on any atom is -0.321 e. The van der Waals surface area contributed by atoms with Crippen LogP contribution in [0, 0.1) is 12.8 Å². The van der Waals surface area contributed by atoms with Gasteiger partial charge in [-0.15, -0.1) is 0 Å². The Labute approximate surface area is 155 Å². The van der Waals surface area contributed by atoms with E-state index in [0.717, 1.165) is 25.7 Å². The Balaban J connectivity index is 1.65. The second-order valence-corrected chi connectivity index (χ2v) is 7.65. The molecule has 1 aliphatic carbocycles. The molecule has 0 unspecified atom stereocenters. The third kappa shape index (κ3) is 4.58. The first-order valence-electron chi connectivity index (χ1n) is 8.38. The summed E-state index contributed by atoms with van der Waals surface area (Å²) in [5.74, 6) is -0.169. The van der Waals surface area contributed by atoms with Gasteiger partial charge < -0.3 is 10.6 Å². The van der Waals surface area contributed by atoms with Crippen LogP contribution in [0.15, 0.2) is 24.3 Å². The number of halogens is 1. The van der Waals surface area contributed by atoms with Crippen molar-refractivity contribution >= 4 is 45.6 Å². The van der Waals surface area contributed by atoms with Crippen LogP contribution in [-0.2, 0) is 4.79 Å². The molecule has 1 heterocycles. The largest absolute Gasteiger partial charge is 0.321 e. The average Bonchev–Trinajstić information content (AvgIpc) is 2.98. The molecule has 25 heavy (non-hydrogen) atoms. The van der Waals surface area contributed by atoms with Crippen molar-refractivity contribution in [3.8, 4) is 0 Å². The van der Waals surface area contributed by atoms with Crippen molar-refractivity contribution in [3.05, 3.63) is 39.9 Å². The molecule has 1 aromatic heterocycles. The van der Waals surface area contributed by atoms with Crippen molar-refractivity contribution in [1.82, 2.24) is 4.98 Å². The normalized spacial score (nSPS) is 15.0. The molecule has 7 heteroatoms. The van der Waals surface area contributed by atoms with E-state index >= 15 is 0 Å². The zero-order chi connectivity index (χ0) is 17.8. The molecule has 2 aromatic rings. The average molecular weight is 378 g/mol. The predicted octanol–water partition coefficient (Wildman–Crippen LogP) is 4.88. The van der Waals surface area contributed by atoms with Crippen molar-refractivity contribution in [2.75, 3.05) is 10.6 Å². The van der Waals surface area contributed by atoms with Crippen molar-refractivity contribution in [2.45, 2.75) is 39.0 Å². The van der Waals surface area contributed by atoms with Gasteiger partial charge in [0.05, 0.1) is 5.69 Å². The molecule has 3 rings (SSSR count). The highest BCUT2D eigenvalue weighted by molar-refractivity contribution is 7.17. The van der Waals surface area contributed by atoms with Crippen LogP contribution in [0.3, 0.4) is 0 Å². The van der Waals surface area contributed by atoms with Crippen molar-refractivity contribution in [2.24, 2.45) is 5.92 Å². The molecular weight excluding hydrogens is 358 g/mol. The molecule has 1 fully saturated rings. The Bertz CT molecular complexity index is 767. The van der Waals surface area contributed by atoms with E-state index in [0.29, 0.717) is 26.4 Å². The molecule has 2 N–H and O–H groups in total. The van der Waals surface area contributed by atoms with E-state index in [2.05, 4.69) is 15.6 Å². The molecule has 0 saturated heterocycles. The first-order chi connectivity index (χ1) is 12.0. The van der Waals surface area contributed by atoms with Gasteiger partial charge in [-0.05, 0) is 44.0 Å². The molecular formula is C18H20ClN3O2S. The lowest BCUT2D eigenvalue weighted by atomic mass is 9.89. The standard InChI is InChI=1S/C18H20ClN3O2S/c1-11-15(17(24)21-14-9-7-13(19)8-10-14)25-18(20-11)22-16(23)12-5-3-2-4-6-12/h7-10,12H,2-6H2,1H3,(H,21,24)(H,20,22,23). The van der Waals surface area contributed by atoms with Crippen molar-refractivity contribution in [1.29, 1.82) is 0 Å². The molecule has 0 radical (unpaired) electrons. The van der Waals surface area contributed by atoms with Gasteiger partial charge in [0.2, 0.25) is 5.91 Å². The number of nitrogens with one attached hydrogen (secondary N) is 2. The second-order valence-electron chi connectivity index (χ2n) is 6.22. The van der Waals surface area contributed by atoms with Gasteiger partial charge in [0.25, 0.3) is 5.91 Å². The monoisotopic (exact) mass is 377 g/mol. The summed E-state index contributed by atoms with van der Waals surface area (Å²) in [7, 11) is 0. The van der Waals surface area contributed by atoms with Gasteiger partial charge in [-0.2, -0.15) is 0 Å². The van der Waals surface area contributed by atoms with Gasteiger partial charge in [-0.25, -0.2) is 4.98 Å². The summed E-state index contributed by atoms with van der Waals surface area (Å²) in [4.78, 5) is 29.6. The van der Waals surface area contributed by atoms with Crippen LogP contribution in [0.2, 0.25) is 5.02 Å². The number of carbonyl (C=O) groups excluding carboxylic acids is 2. The SMILES string of the molecule is Cc1nc(NC(=O)C2CCCCC2)sc1C(=O)Nc1ccc(Cl)cc1. The number of carbonyl (C=O) groups is 2. The zero-order valence-corrected chi connectivity index (χ0v) is 15.5. The molecule has 1 saturated carbocycles. The summed E-state index contributed by atoms with van der Waals surface area (Å²) in [5, 5.41) is 6.78. The molecule has 132 valence electrons. The maximum absolute atomic E-state index is 12.4. The molecule has 0 aliphatic heterocycles. The van der Waals surface area contributed by atoms with Crippen LogP contribution in [-0.4, -0.2) is 16.8 Å². The fourth-order valence-electron chi connectivity index (χ4n) is 2.95. The van der Waals surface area contributed by atoms with E-state index in [1.54, 1.807) is 31.2 Å². The smallest absolute Gasteiger partial charge is 0.267 e. The Morgan fingerprint density at radius 2 is 1.80 bits per heavy atom.